The van der Waals surface area contributed by atoms with Gasteiger partial charge in [-0.15, -0.1) is 24.8 Å². The summed E-state index contributed by atoms with van der Waals surface area (Å²) in [6.07, 6.45) is 0.375. The van der Waals surface area contributed by atoms with Crippen molar-refractivity contribution in [2.24, 2.45) is 5.73 Å². The Morgan fingerprint density at radius 3 is 2.13 bits per heavy atom. The maximum absolute atomic E-state index is 11.7. The first kappa shape index (κ1) is 24.6. The second-order valence-electron chi connectivity index (χ2n) is 6.23. The predicted octanol–water partition coefficient (Wildman–Crippen LogP) is -0.0911. The van der Waals surface area contributed by atoms with E-state index in [4.69, 9.17) is 10.5 Å². The number of ether oxygens (including phenoxy) is 1. The van der Waals surface area contributed by atoms with Gasteiger partial charge in [0.25, 0.3) is 0 Å². The molecule has 1 aliphatic heterocycles. The van der Waals surface area contributed by atoms with Crippen LogP contribution in [0.4, 0.5) is 0 Å². The van der Waals surface area contributed by atoms with Crippen LogP contribution < -0.4 is 16.4 Å². The van der Waals surface area contributed by atoms with E-state index in [0.29, 0.717) is 6.54 Å². The van der Waals surface area contributed by atoms with E-state index >= 15 is 0 Å². The van der Waals surface area contributed by atoms with Crippen molar-refractivity contribution in [1.82, 2.24) is 15.5 Å². The Balaban J connectivity index is 0. The zero-order valence-electron chi connectivity index (χ0n) is 14.3. The standard InChI is InChI=1S/C14H28N4O3.2ClH/c1-10-7-18(8-11(2)21-10)14(3,4)9-17-13(20)6-16-12(19)5-15;;/h10-11H,5-9,15H2,1-4H3,(H,16,19)(H,17,20);2*1H. The van der Waals surface area contributed by atoms with Gasteiger partial charge in [-0.2, -0.15) is 0 Å². The minimum atomic E-state index is -0.333. The molecule has 9 heteroatoms. The summed E-state index contributed by atoms with van der Waals surface area (Å²) in [7, 11) is 0. The molecule has 0 bridgehead atoms. The number of nitrogens with zero attached hydrogens (tertiary/aromatic N) is 1. The first-order valence-electron chi connectivity index (χ1n) is 7.38. The molecule has 138 valence electrons. The predicted molar refractivity (Wildman–Crippen MR) is 95.2 cm³/mol. The normalized spacial score (nSPS) is 21.6. The highest BCUT2D eigenvalue weighted by Crippen LogP contribution is 2.20. The molecule has 4 N–H and O–H groups in total. The van der Waals surface area contributed by atoms with Crippen molar-refractivity contribution in [1.29, 1.82) is 0 Å². The van der Waals surface area contributed by atoms with Gasteiger partial charge in [-0.25, -0.2) is 0 Å². The molecule has 0 aromatic carbocycles. The number of amides is 2. The first-order chi connectivity index (χ1) is 9.74. The van der Waals surface area contributed by atoms with Gasteiger partial charge in [0.15, 0.2) is 0 Å². The molecule has 2 atom stereocenters. The Hall–Kier alpha value is -0.600. The van der Waals surface area contributed by atoms with Gasteiger partial charge in [0.1, 0.15) is 0 Å². The molecule has 1 saturated heterocycles. The fourth-order valence-electron chi connectivity index (χ4n) is 2.41. The van der Waals surface area contributed by atoms with Gasteiger partial charge in [0.05, 0.1) is 25.3 Å². The van der Waals surface area contributed by atoms with Crippen molar-refractivity contribution >= 4 is 36.6 Å². The minimum absolute atomic E-state index is 0. The number of carbonyl (C=O) groups excluding carboxylic acids is 2. The molecule has 1 rings (SSSR count). The number of nitrogens with two attached hydrogens (primary N) is 1. The highest BCUT2D eigenvalue weighted by molar-refractivity contribution is 5.86. The first-order valence-corrected chi connectivity index (χ1v) is 7.38. The van der Waals surface area contributed by atoms with Gasteiger partial charge in [0.2, 0.25) is 11.8 Å². The third-order valence-electron chi connectivity index (χ3n) is 3.63. The van der Waals surface area contributed by atoms with Crippen molar-refractivity contribution in [3.63, 3.8) is 0 Å². The summed E-state index contributed by atoms with van der Waals surface area (Å²) in [5.74, 6) is -0.542. The SMILES string of the molecule is CC1CN(C(C)(C)CNC(=O)CNC(=O)CN)CC(C)O1.Cl.Cl. The fraction of sp³-hybridized carbons (Fsp3) is 0.857. The van der Waals surface area contributed by atoms with Crippen molar-refractivity contribution in [3.8, 4) is 0 Å². The van der Waals surface area contributed by atoms with E-state index in [1.165, 1.54) is 0 Å². The third kappa shape index (κ3) is 8.72. The zero-order chi connectivity index (χ0) is 16.0. The van der Waals surface area contributed by atoms with Crippen LogP contribution in [0, 0.1) is 0 Å². The number of morpholine rings is 1. The van der Waals surface area contributed by atoms with E-state index in [1.54, 1.807) is 0 Å². The van der Waals surface area contributed by atoms with E-state index in [9.17, 15) is 9.59 Å². The molecule has 0 saturated carbocycles. The highest BCUT2D eigenvalue weighted by atomic mass is 35.5. The summed E-state index contributed by atoms with van der Waals surface area (Å²) >= 11 is 0. The van der Waals surface area contributed by atoms with Crippen LogP contribution >= 0.6 is 24.8 Å². The Labute approximate surface area is 150 Å². The fourth-order valence-corrected chi connectivity index (χ4v) is 2.41. The van der Waals surface area contributed by atoms with E-state index in [-0.39, 0.29) is 67.5 Å². The van der Waals surface area contributed by atoms with E-state index in [2.05, 4.69) is 43.2 Å². The lowest BCUT2D eigenvalue weighted by Crippen LogP contribution is -2.59. The van der Waals surface area contributed by atoms with Crippen molar-refractivity contribution in [2.45, 2.75) is 45.4 Å². The number of hydrogen-bond donors (Lipinski definition) is 3. The number of hydrogen-bond acceptors (Lipinski definition) is 5. The van der Waals surface area contributed by atoms with Crippen LogP contribution in [-0.4, -0.2) is 67.2 Å². The van der Waals surface area contributed by atoms with Crippen molar-refractivity contribution in [3.05, 3.63) is 0 Å². The summed E-state index contributed by atoms with van der Waals surface area (Å²) in [4.78, 5) is 25.0. The lowest BCUT2D eigenvalue weighted by atomic mass is 10.00. The van der Waals surface area contributed by atoms with Gasteiger partial charge in [-0.3, -0.25) is 14.5 Å². The molecular weight excluding hydrogens is 343 g/mol. The summed E-state index contributed by atoms with van der Waals surface area (Å²) in [5.41, 5.74) is 5.00. The van der Waals surface area contributed by atoms with Crippen LogP contribution in [0.15, 0.2) is 0 Å². The van der Waals surface area contributed by atoms with E-state index in [0.717, 1.165) is 13.1 Å². The third-order valence-corrected chi connectivity index (χ3v) is 3.63. The van der Waals surface area contributed by atoms with Crippen LogP contribution in [0.25, 0.3) is 0 Å². The Bertz CT molecular complexity index is 373. The van der Waals surface area contributed by atoms with Crippen LogP contribution in [-0.2, 0) is 14.3 Å². The maximum Gasteiger partial charge on any atom is 0.239 e. The molecule has 0 aromatic heterocycles. The van der Waals surface area contributed by atoms with Crippen molar-refractivity contribution in [2.75, 3.05) is 32.7 Å². The number of halogens is 2. The van der Waals surface area contributed by atoms with Crippen LogP contribution in [0.1, 0.15) is 27.7 Å². The Kier molecular flexibility index (Phi) is 11.8. The molecule has 23 heavy (non-hydrogen) atoms. The molecule has 1 heterocycles. The topological polar surface area (TPSA) is 96.7 Å². The monoisotopic (exact) mass is 372 g/mol. The minimum Gasteiger partial charge on any atom is -0.373 e. The van der Waals surface area contributed by atoms with E-state index < -0.39 is 0 Å². The Morgan fingerprint density at radius 1 is 1.13 bits per heavy atom. The Morgan fingerprint density at radius 2 is 1.65 bits per heavy atom. The summed E-state index contributed by atoms with van der Waals surface area (Å²) in [6, 6.07) is 0. The quantitative estimate of drug-likeness (QED) is 0.605. The summed E-state index contributed by atoms with van der Waals surface area (Å²) in [5, 5.41) is 5.30. The highest BCUT2D eigenvalue weighted by Gasteiger charge is 2.33. The van der Waals surface area contributed by atoms with Gasteiger partial charge in [-0.1, -0.05) is 0 Å². The second kappa shape index (κ2) is 11.0. The van der Waals surface area contributed by atoms with Gasteiger partial charge >= 0.3 is 0 Å². The smallest absolute Gasteiger partial charge is 0.239 e. The molecule has 1 fully saturated rings. The molecule has 7 nitrogen and oxygen atoms in total. The maximum atomic E-state index is 11.7. The van der Waals surface area contributed by atoms with Gasteiger partial charge < -0.3 is 21.1 Å². The van der Waals surface area contributed by atoms with Gasteiger partial charge in [0, 0.05) is 25.2 Å². The molecule has 1 aliphatic rings. The lowest BCUT2D eigenvalue weighted by molar-refractivity contribution is -0.126. The zero-order valence-corrected chi connectivity index (χ0v) is 15.9. The van der Waals surface area contributed by atoms with Crippen LogP contribution in [0.5, 0.6) is 0 Å². The molecule has 0 aliphatic carbocycles. The number of rotatable bonds is 6. The second-order valence-corrected chi connectivity index (χ2v) is 6.23. The average Bonchev–Trinajstić information content (AvgIpc) is 2.41. The molecular formula is C14H30Cl2N4O3. The van der Waals surface area contributed by atoms with Crippen molar-refractivity contribution < 1.29 is 14.3 Å². The van der Waals surface area contributed by atoms with Gasteiger partial charge in [-0.05, 0) is 27.7 Å². The van der Waals surface area contributed by atoms with Crippen LogP contribution in [0.3, 0.4) is 0 Å². The van der Waals surface area contributed by atoms with E-state index in [1.807, 2.05) is 0 Å². The molecule has 2 unspecified atom stereocenters. The molecule has 2 amide bonds. The largest absolute Gasteiger partial charge is 0.373 e. The van der Waals surface area contributed by atoms with Crippen LogP contribution in [0.2, 0.25) is 0 Å². The summed E-state index contributed by atoms with van der Waals surface area (Å²) in [6.45, 7) is 10.4. The number of carbonyl (C=O) groups is 2. The molecule has 0 radical (unpaired) electrons. The molecule has 0 spiro atoms. The average molecular weight is 373 g/mol. The molecule has 0 aromatic rings. The summed E-state index contributed by atoms with van der Waals surface area (Å²) < 4.78 is 5.73. The number of nitrogens with one attached hydrogen (secondary N) is 2. The lowest BCUT2D eigenvalue weighted by Gasteiger charge is -2.45.